The zero-order valence-electron chi connectivity index (χ0n) is 17.2. The minimum atomic E-state index is 0.167. The van der Waals surface area contributed by atoms with Crippen LogP contribution in [-0.2, 0) is 0 Å². The molecule has 8 nitrogen and oxygen atoms in total. The molecule has 0 amide bonds. The topological polar surface area (TPSA) is 116 Å². The molecule has 0 unspecified atom stereocenters. The Morgan fingerprint density at radius 1 is 0.781 bits per heavy atom. The van der Waals surface area contributed by atoms with E-state index in [1.165, 1.54) is 6.33 Å². The third-order valence-corrected chi connectivity index (χ3v) is 4.91. The summed E-state index contributed by atoms with van der Waals surface area (Å²) in [4.78, 5) is 16.1. The number of rotatable bonds is 4. The number of anilines is 4. The lowest BCUT2D eigenvalue weighted by atomic mass is 10.3. The van der Waals surface area contributed by atoms with Crippen molar-refractivity contribution in [2.24, 2.45) is 0 Å². The van der Waals surface area contributed by atoms with Crippen LogP contribution in [0.5, 0.6) is 11.5 Å². The molecule has 0 radical (unpaired) electrons. The predicted octanol–water partition coefficient (Wildman–Crippen LogP) is 5.78. The van der Waals surface area contributed by atoms with Crippen molar-refractivity contribution >= 4 is 46.3 Å². The van der Waals surface area contributed by atoms with Gasteiger partial charge in [0.2, 0.25) is 5.95 Å². The zero-order valence-corrected chi connectivity index (χ0v) is 18.7. The maximum Gasteiger partial charge on any atom is 0.229 e. The number of aromatic hydroxyl groups is 2. The van der Waals surface area contributed by atoms with Crippen LogP contribution >= 0.6 is 23.2 Å². The number of aromatic nitrogens is 4. The fourth-order valence-electron chi connectivity index (χ4n) is 2.47. The first kappa shape index (κ1) is 23.1. The number of nitrogens with one attached hydrogen (secondary N) is 2. The van der Waals surface area contributed by atoms with Crippen LogP contribution in [0.1, 0.15) is 11.1 Å². The molecule has 0 aliphatic rings. The fraction of sp³-hybridized carbons (Fsp3) is 0.0909. The minimum absolute atomic E-state index is 0.167. The van der Waals surface area contributed by atoms with E-state index in [-0.39, 0.29) is 11.5 Å². The normalized spacial score (nSPS) is 10.1. The maximum absolute atomic E-state index is 9.53. The summed E-state index contributed by atoms with van der Waals surface area (Å²) in [6, 6.07) is 13.5. The number of halogens is 2. The van der Waals surface area contributed by atoms with Crippen molar-refractivity contribution < 1.29 is 10.2 Å². The van der Waals surface area contributed by atoms with E-state index >= 15 is 0 Å². The first-order valence-electron chi connectivity index (χ1n) is 9.40. The summed E-state index contributed by atoms with van der Waals surface area (Å²) in [5.74, 6) is 1.39. The summed E-state index contributed by atoms with van der Waals surface area (Å²) < 4.78 is 0. The number of nitrogens with zero attached hydrogens (tertiary/aromatic N) is 4. The smallest absolute Gasteiger partial charge is 0.229 e. The van der Waals surface area contributed by atoms with Gasteiger partial charge in [-0.3, -0.25) is 0 Å². The van der Waals surface area contributed by atoms with Gasteiger partial charge in [-0.15, -0.1) is 0 Å². The van der Waals surface area contributed by atoms with Gasteiger partial charge in [0, 0.05) is 40.8 Å². The molecule has 10 heteroatoms. The van der Waals surface area contributed by atoms with E-state index in [0.717, 1.165) is 16.8 Å². The molecule has 0 spiro atoms. The van der Waals surface area contributed by atoms with Gasteiger partial charge >= 0.3 is 0 Å². The molecule has 0 saturated heterocycles. The highest BCUT2D eigenvalue weighted by atomic mass is 35.5. The predicted molar refractivity (Wildman–Crippen MR) is 126 cm³/mol. The average molecular weight is 471 g/mol. The minimum Gasteiger partial charge on any atom is -0.508 e. The molecule has 0 atom stereocenters. The monoisotopic (exact) mass is 470 g/mol. The molecule has 32 heavy (non-hydrogen) atoms. The summed E-state index contributed by atoms with van der Waals surface area (Å²) in [6.45, 7) is 3.66. The largest absolute Gasteiger partial charge is 0.508 e. The summed E-state index contributed by atoms with van der Waals surface area (Å²) in [6.07, 6.45) is 3.03. The molecule has 4 N–H and O–H groups in total. The summed E-state index contributed by atoms with van der Waals surface area (Å²) in [7, 11) is 0. The van der Waals surface area contributed by atoms with Crippen molar-refractivity contribution in [2.45, 2.75) is 13.8 Å². The summed E-state index contributed by atoms with van der Waals surface area (Å²) >= 11 is 11.2. The standard InChI is InChI=1S/C17H16N4O2.C5H4Cl2N2/c1-11-10-18-17(20-13-5-3-7-15(23)9-13)21-16(11)19-12-4-2-6-14(22)8-12;1-3-4(6)8-2-9-5(3)7/h2-10,22-23H,1H3,(H2,18,19,20,21);2H,1H3. The average Bonchev–Trinajstić information content (AvgIpc) is 2.75. The molecule has 164 valence electrons. The van der Waals surface area contributed by atoms with Gasteiger partial charge in [0.15, 0.2) is 0 Å². The van der Waals surface area contributed by atoms with E-state index in [9.17, 15) is 10.2 Å². The first-order chi connectivity index (χ1) is 15.3. The number of phenolic OH excluding ortho intramolecular Hbond substituents is 2. The Labute approximate surface area is 195 Å². The Bertz CT molecular complexity index is 1200. The third kappa shape index (κ3) is 6.44. The third-order valence-electron chi connectivity index (χ3n) is 4.14. The molecular weight excluding hydrogens is 451 g/mol. The molecule has 0 saturated carbocycles. The molecule has 0 aliphatic heterocycles. The van der Waals surface area contributed by atoms with E-state index in [4.69, 9.17) is 23.2 Å². The number of hydrogen-bond acceptors (Lipinski definition) is 8. The van der Waals surface area contributed by atoms with Gasteiger partial charge in [0.05, 0.1) is 0 Å². The van der Waals surface area contributed by atoms with Gasteiger partial charge < -0.3 is 20.8 Å². The Morgan fingerprint density at radius 3 is 1.88 bits per heavy atom. The highest BCUT2D eigenvalue weighted by Gasteiger charge is 2.06. The van der Waals surface area contributed by atoms with Crippen LogP contribution in [0.15, 0.2) is 61.1 Å². The van der Waals surface area contributed by atoms with Crippen molar-refractivity contribution in [1.82, 2.24) is 19.9 Å². The van der Waals surface area contributed by atoms with Crippen LogP contribution in [0.3, 0.4) is 0 Å². The first-order valence-corrected chi connectivity index (χ1v) is 10.2. The Kier molecular flexibility index (Phi) is 7.64. The van der Waals surface area contributed by atoms with Crippen molar-refractivity contribution in [2.75, 3.05) is 10.6 Å². The molecule has 2 aromatic carbocycles. The summed E-state index contributed by atoms with van der Waals surface area (Å²) in [5.41, 5.74) is 3.02. The second kappa shape index (κ2) is 10.6. The van der Waals surface area contributed by atoms with Crippen LogP contribution in [0, 0.1) is 13.8 Å². The highest BCUT2D eigenvalue weighted by Crippen LogP contribution is 2.24. The molecule has 2 heterocycles. The van der Waals surface area contributed by atoms with E-state index in [2.05, 4.69) is 30.6 Å². The number of benzene rings is 2. The quantitative estimate of drug-likeness (QED) is 0.277. The SMILES string of the molecule is Cc1c(Cl)ncnc1Cl.Cc1cnc(Nc2cccc(O)c2)nc1Nc1cccc(O)c1. The molecule has 4 rings (SSSR count). The number of hydrogen-bond donors (Lipinski definition) is 4. The molecule has 4 aromatic rings. The van der Waals surface area contributed by atoms with Crippen LogP contribution in [0.25, 0.3) is 0 Å². The lowest BCUT2D eigenvalue weighted by Crippen LogP contribution is -2.02. The van der Waals surface area contributed by atoms with Crippen molar-refractivity contribution in [1.29, 1.82) is 0 Å². The van der Waals surface area contributed by atoms with Crippen LogP contribution in [0.2, 0.25) is 10.3 Å². The van der Waals surface area contributed by atoms with Gasteiger partial charge in [-0.05, 0) is 38.1 Å². The lowest BCUT2D eigenvalue weighted by Gasteiger charge is -2.11. The van der Waals surface area contributed by atoms with Crippen LogP contribution in [0.4, 0.5) is 23.1 Å². The zero-order chi connectivity index (χ0) is 23.1. The molecule has 0 bridgehead atoms. The molecule has 2 aromatic heterocycles. The molecule has 0 aliphatic carbocycles. The Morgan fingerprint density at radius 2 is 1.34 bits per heavy atom. The summed E-state index contributed by atoms with van der Waals surface area (Å²) in [5, 5.41) is 26.0. The second-order valence-corrected chi connectivity index (χ2v) is 7.37. The van der Waals surface area contributed by atoms with E-state index in [1.807, 2.05) is 19.1 Å². The van der Waals surface area contributed by atoms with Gasteiger partial charge in [0.1, 0.15) is 34.0 Å². The fourth-order valence-corrected chi connectivity index (χ4v) is 2.79. The van der Waals surface area contributed by atoms with E-state index in [1.54, 1.807) is 49.5 Å². The van der Waals surface area contributed by atoms with Crippen LogP contribution in [-0.4, -0.2) is 30.1 Å². The van der Waals surface area contributed by atoms with Crippen molar-refractivity contribution in [3.05, 3.63) is 82.5 Å². The van der Waals surface area contributed by atoms with Crippen molar-refractivity contribution in [3.8, 4) is 11.5 Å². The van der Waals surface area contributed by atoms with Gasteiger partial charge in [0.25, 0.3) is 0 Å². The molecule has 0 fully saturated rings. The van der Waals surface area contributed by atoms with Crippen molar-refractivity contribution in [3.63, 3.8) is 0 Å². The maximum atomic E-state index is 9.53. The van der Waals surface area contributed by atoms with E-state index < -0.39 is 0 Å². The molecular formula is C22H20Cl2N6O2. The van der Waals surface area contributed by atoms with Crippen LogP contribution < -0.4 is 10.6 Å². The van der Waals surface area contributed by atoms with Gasteiger partial charge in [-0.2, -0.15) is 4.98 Å². The Balaban J connectivity index is 0.000000269. The van der Waals surface area contributed by atoms with Gasteiger partial charge in [-0.1, -0.05) is 35.3 Å². The second-order valence-electron chi connectivity index (χ2n) is 6.66. The number of phenols is 2. The van der Waals surface area contributed by atoms with E-state index in [0.29, 0.717) is 27.8 Å². The Hall–Kier alpha value is -3.62. The highest BCUT2D eigenvalue weighted by molar-refractivity contribution is 6.34. The lowest BCUT2D eigenvalue weighted by molar-refractivity contribution is 0.475. The number of aryl methyl sites for hydroxylation is 1. The van der Waals surface area contributed by atoms with Gasteiger partial charge in [-0.25, -0.2) is 15.0 Å².